The first-order valence-electron chi connectivity index (χ1n) is 4.45. The Balaban J connectivity index is 3.26. The van der Waals surface area contributed by atoms with Crippen molar-refractivity contribution in [3.8, 4) is 0 Å². The van der Waals surface area contributed by atoms with Gasteiger partial charge in [-0.2, -0.15) is 0 Å². The average Bonchev–Trinajstić information content (AvgIpc) is 2.45. The Labute approximate surface area is 97.3 Å². The third kappa shape index (κ3) is 2.96. The molecule has 0 bridgehead atoms. The van der Waals surface area contributed by atoms with Gasteiger partial charge in [0.25, 0.3) is 9.05 Å². The van der Waals surface area contributed by atoms with E-state index in [1.165, 1.54) is 4.57 Å². The fourth-order valence-electron chi connectivity index (χ4n) is 1.26. The molecule has 0 aliphatic carbocycles. The lowest BCUT2D eigenvalue weighted by molar-refractivity contribution is -0.137. The predicted octanol–water partition coefficient (Wildman–Crippen LogP) is 1.02. The van der Waals surface area contributed by atoms with E-state index >= 15 is 0 Å². The molecule has 0 aromatic carbocycles. The number of aliphatic carboxylic acids is 1. The molecule has 16 heavy (non-hydrogen) atoms. The van der Waals surface area contributed by atoms with Gasteiger partial charge < -0.3 is 9.67 Å². The summed E-state index contributed by atoms with van der Waals surface area (Å²) in [7, 11) is 1.21. The summed E-state index contributed by atoms with van der Waals surface area (Å²) < 4.78 is 23.4. The Morgan fingerprint density at radius 1 is 1.62 bits per heavy atom. The second-order valence-electron chi connectivity index (χ2n) is 3.55. The monoisotopic (exact) mass is 266 g/mol. The number of halogens is 1. The molecule has 0 atom stereocenters. The van der Waals surface area contributed by atoms with Gasteiger partial charge in [-0.05, 0) is 0 Å². The van der Waals surface area contributed by atoms with Gasteiger partial charge in [0.2, 0.25) is 0 Å². The fourth-order valence-corrected chi connectivity index (χ4v) is 1.93. The van der Waals surface area contributed by atoms with Crippen molar-refractivity contribution in [1.29, 1.82) is 0 Å². The van der Waals surface area contributed by atoms with Crippen molar-refractivity contribution in [2.45, 2.75) is 31.3 Å². The van der Waals surface area contributed by atoms with Crippen LogP contribution < -0.4 is 0 Å². The molecule has 0 saturated carbocycles. The van der Waals surface area contributed by atoms with E-state index in [0.717, 1.165) is 6.20 Å². The third-order valence-electron chi connectivity index (χ3n) is 1.86. The summed E-state index contributed by atoms with van der Waals surface area (Å²) in [5.41, 5.74) is 0. The number of aromatic nitrogens is 2. The minimum absolute atomic E-state index is 0.0912. The molecule has 8 heteroatoms. The van der Waals surface area contributed by atoms with Crippen molar-refractivity contribution in [2.75, 3.05) is 0 Å². The number of carboxylic acids is 1. The first-order chi connectivity index (χ1) is 7.21. The standard InChI is InChI=1S/C8H11ClN2O4S/c1-5(2)8-10-6(16(9,14)15)3-11(8)4-7(12)13/h3,5H,4H2,1-2H3,(H,12,13). The molecule has 0 aliphatic heterocycles. The van der Waals surface area contributed by atoms with Crippen LogP contribution in [-0.4, -0.2) is 29.0 Å². The third-order valence-corrected chi connectivity index (χ3v) is 3.03. The predicted molar refractivity (Wildman–Crippen MR) is 57.0 cm³/mol. The lowest BCUT2D eigenvalue weighted by Gasteiger charge is -2.06. The molecule has 0 amide bonds. The quantitative estimate of drug-likeness (QED) is 0.822. The van der Waals surface area contributed by atoms with Crippen molar-refractivity contribution >= 4 is 25.7 Å². The molecule has 0 saturated heterocycles. The van der Waals surface area contributed by atoms with Crippen LogP contribution in [0.5, 0.6) is 0 Å². The molecular weight excluding hydrogens is 256 g/mol. The van der Waals surface area contributed by atoms with Crippen LogP contribution in [0.15, 0.2) is 11.2 Å². The number of rotatable bonds is 4. The smallest absolute Gasteiger partial charge is 0.323 e. The van der Waals surface area contributed by atoms with Crippen LogP contribution in [0.25, 0.3) is 0 Å². The number of carboxylic acid groups (broad SMARTS) is 1. The van der Waals surface area contributed by atoms with Gasteiger partial charge in [0.05, 0.1) is 0 Å². The van der Waals surface area contributed by atoms with E-state index in [0.29, 0.717) is 5.82 Å². The van der Waals surface area contributed by atoms with Crippen LogP contribution in [0.2, 0.25) is 0 Å². The van der Waals surface area contributed by atoms with Gasteiger partial charge in [0.1, 0.15) is 12.4 Å². The van der Waals surface area contributed by atoms with Crippen molar-refractivity contribution in [3.05, 3.63) is 12.0 Å². The van der Waals surface area contributed by atoms with Crippen LogP contribution in [0.3, 0.4) is 0 Å². The first kappa shape index (κ1) is 13.0. The maximum atomic E-state index is 11.0. The maximum absolute atomic E-state index is 11.0. The van der Waals surface area contributed by atoms with E-state index in [1.54, 1.807) is 13.8 Å². The summed E-state index contributed by atoms with van der Waals surface area (Å²) in [5, 5.41) is 8.33. The summed E-state index contributed by atoms with van der Waals surface area (Å²) in [4.78, 5) is 14.4. The van der Waals surface area contributed by atoms with Crippen molar-refractivity contribution in [2.24, 2.45) is 0 Å². The zero-order valence-electron chi connectivity index (χ0n) is 8.71. The molecule has 90 valence electrons. The molecule has 0 unspecified atom stereocenters. The van der Waals surface area contributed by atoms with Gasteiger partial charge in [0, 0.05) is 22.8 Å². The van der Waals surface area contributed by atoms with Gasteiger partial charge in [-0.3, -0.25) is 4.79 Å². The lowest BCUT2D eigenvalue weighted by Crippen LogP contribution is -2.11. The molecule has 1 N–H and O–H groups in total. The molecule has 1 heterocycles. The summed E-state index contributed by atoms with van der Waals surface area (Å²) in [6, 6.07) is 0. The zero-order chi connectivity index (χ0) is 12.5. The molecule has 6 nitrogen and oxygen atoms in total. The minimum Gasteiger partial charge on any atom is -0.480 e. The molecule has 0 spiro atoms. The van der Waals surface area contributed by atoms with Gasteiger partial charge >= 0.3 is 5.97 Å². The minimum atomic E-state index is -3.93. The van der Waals surface area contributed by atoms with Crippen LogP contribution in [0, 0.1) is 0 Å². The average molecular weight is 267 g/mol. The van der Waals surface area contributed by atoms with Crippen molar-refractivity contribution in [1.82, 2.24) is 9.55 Å². The molecule has 0 aliphatic rings. The lowest BCUT2D eigenvalue weighted by atomic mass is 10.2. The van der Waals surface area contributed by atoms with E-state index in [2.05, 4.69) is 4.98 Å². The second kappa shape index (κ2) is 4.42. The molecule has 0 radical (unpaired) electrons. The summed E-state index contributed by atoms with van der Waals surface area (Å²) in [6.45, 7) is 3.23. The summed E-state index contributed by atoms with van der Waals surface area (Å²) in [5.74, 6) is -0.786. The Morgan fingerprint density at radius 2 is 2.19 bits per heavy atom. The Kier molecular flexibility index (Phi) is 3.59. The topological polar surface area (TPSA) is 89.3 Å². The van der Waals surface area contributed by atoms with Crippen LogP contribution in [-0.2, 0) is 20.4 Å². The van der Waals surface area contributed by atoms with Crippen molar-refractivity contribution < 1.29 is 18.3 Å². The normalized spacial score (nSPS) is 12.0. The number of carbonyl (C=O) groups is 1. The van der Waals surface area contributed by atoms with Gasteiger partial charge in [-0.1, -0.05) is 13.8 Å². The zero-order valence-corrected chi connectivity index (χ0v) is 10.3. The molecule has 1 rings (SSSR count). The molecular formula is C8H11ClN2O4S. The number of hydrogen-bond donors (Lipinski definition) is 1. The number of nitrogens with zero attached hydrogens (tertiary/aromatic N) is 2. The van der Waals surface area contributed by atoms with Crippen LogP contribution >= 0.6 is 10.7 Å². The Hall–Kier alpha value is -1.08. The highest BCUT2D eigenvalue weighted by molar-refractivity contribution is 8.13. The van der Waals surface area contributed by atoms with Gasteiger partial charge in [-0.15, -0.1) is 0 Å². The van der Waals surface area contributed by atoms with E-state index < -0.39 is 15.0 Å². The Bertz CT molecular complexity index is 506. The molecule has 0 fully saturated rings. The van der Waals surface area contributed by atoms with Crippen LogP contribution in [0.1, 0.15) is 25.6 Å². The van der Waals surface area contributed by atoms with Crippen molar-refractivity contribution in [3.63, 3.8) is 0 Å². The van der Waals surface area contributed by atoms with E-state index in [-0.39, 0.29) is 17.5 Å². The maximum Gasteiger partial charge on any atom is 0.323 e. The number of imidazole rings is 1. The number of hydrogen-bond acceptors (Lipinski definition) is 4. The van der Waals surface area contributed by atoms with Gasteiger partial charge in [0.15, 0.2) is 5.03 Å². The Morgan fingerprint density at radius 3 is 2.56 bits per heavy atom. The SMILES string of the molecule is CC(C)c1nc(S(=O)(=O)Cl)cn1CC(=O)O. The first-order valence-corrected chi connectivity index (χ1v) is 6.76. The largest absolute Gasteiger partial charge is 0.480 e. The summed E-state index contributed by atoms with van der Waals surface area (Å²) >= 11 is 0. The van der Waals surface area contributed by atoms with E-state index in [1.807, 2.05) is 0 Å². The fraction of sp³-hybridized carbons (Fsp3) is 0.500. The van der Waals surface area contributed by atoms with Gasteiger partial charge in [-0.25, -0.2) is 13.4 Å². The molecule has 1 aromatic rings. The highest BCUT2D eigenvalue weighted by Gasteiger charge is 2.20. The second-order valence-corrected chi connectivity index (χ2v) is 6.06. The molecule has 1 aromatic heterocycles. The van der Waals surface area contributed by atoms with E-state index in [9.17, 15) is 13.2 Å². The van der Waals surface area contributed by atoms with E-state index in [4.69, 9.17) is 15.8 Å². The highest BCUT2D eigenvalue weighted by atomic mass is 35.7. The highest BCUT2D eigenvalue weighted by Crippen LogP contribution is 2.19. The summed E-state index contributed by atoms with van der Waals surface area (Å²) in [6.07, 6.45) is 1.13. The van der Waals surface area contributed by atoms with Crippen LogP contribution in [0.4, 0.5) is 0 Å².